The molecule has 0 aliphatic carbocycles. The molecule has 210 valence electrons. The van der Waals surface area contributed by atoms with Gasteiger partial charge in [0, 0.05) is 83.7 Å². The van der Waals surface area contributed by atoms with Gasteiger partial charge >= 0.3 is 0 Å². The van der Waals surface area contributed by atoms with E-state index in [2.05, 4.69) is 50.6 Å². The number of carbonyl (C=O) groups is 1. The molecular weight excluding hydrogens is 541 g/mol. The van der Waals surface area contributed by atoms with Crippen LogP contribution >= 0.6 is 12.2 Å². The predicted octanol–water partition coefficient (Wildman–Crippen LogP) is 4.49. The normalized spacial score (nSPS) is 15.3. The molecule has 1 aliphatic heterocycles. The molecule has 1 fully saturated rings. The van der Waals surface area contributed by atoms with E-state index in [1.54, 1.807) is 6.26 Å². The molecule has 1 amide bonds. The van der Waals surface area contributed by atoms with Crippen molar-refractivity contribution in [2.75, 3.05) is 31.2 Å². The first kappa shape index (κ1) is 28.2. The van der Waals surface area contributed by atoms with Crippen LogP contribution in [0.25, 0.3) is 22.0 Å². The maximum atomic E-state index is 12.7. The minimum Gasteiger partial charge on any atom is -0.598 e. The summed E-state index contributed by atoms with van der Waals surface area (Å²) in [6.07, 6.45) is 7.98. The number of amides is 1. The Morgan fingerprint density at radius 1 is 1.20 bits per heavy atom. The molecule has 2 aromatic carbocycles. The first-order valence-corrected chi connectivity index (χ1v) is 15.5. The van der Waals surface area contributed by atoms with Gasteiger partial charge in [0.25, 0.3) is 0 Å². The highest BCUT2D eigenvalue weighted by Gasteiger charge is 2.27. The molecule has 2 aromatic heterocycles. The Labute approximate surface area is 243 Å². The van der Waals surface area contributed by atoms with Gasteiger partial charge in [0.05, 0.1) is 12.1 Å². The van der Waals surface area contributed by atoms with Gasteiger partial charge in [0.1, 0.15) is 11.2 Å². The first-order valence-electron chi connectivity index (χ1n) is 13.6. The Morgan fingerprint density at radius 3 is 2.73 bits per heavy atom. The van der Waals surface area contributed by atoms with Crippen LogP contribution in [0.2, 0.25) is 0 Å². The molecule has 0 spiro atoms. The van der Waals surface area contributed by atoms with Crippen molar-refractivity contribution in [1.82, 2.24) is 19.2 Å². The molecule has 0 radical (unpaired) electrons. The van der Waals surface area contributed by atoms with Gasteiger partial charge in [-0.05, 0) is 49.1 Å². The lowest BCUT2D eigenvalue weighted by Gasteiger charge is -2.31. The second-order valence-electron chi connectivity index (χ2n) is 10.2. The van der Waals surface area contributed by atoms with Crippen molar-refractivity contribution >= 4 is 51.1 Å². The number of nitrogens with one attached hydrogen (secondary N) is 3. The number of anilines is 1. The van der Waals surface area contributed by atoms with Crippen LogP contribution in [0, 0.1) is 0 Å². The maximum Gasteiger partial charge on any atom is 0.226 e. The van der Waals surface area contributed by atoms with Crippen LogP contribution in [0.5, 0.6) is 0 Å². The summed E-state index contributed by atoms with van der Waals surface area (Å²) in [4.78, 5) is 16.2. The Kier molecular flexibility index (Phi) is 8.80. The minimum absolute atomic E-state index is 0.0319. The molecule has 5 rings (SSSR count). The van der Waals surface area contributed by atoms with Crippen LogP contribution in [0.3, 0.4) is 0 Å². The highest BCUT2D eigenvalue weighted by Crippen LogP contribution is 2.36. The maximum absolute atomic E-state index is 12.7. The van der Waals surface area contributed by atoms with Crippen LogP contribution in [-0.4, -0.2) is 55.2 Å². The number of carbonyl (C=O) groups excluding carboxylic acids is 1. The van der Waals surface area contributed by atoms with Crippen molar-refractivity contribution in [3.05, 3.63) is 77.7 Å². The number of aromatic amines is 1. The van der Waals surface area contributed by atoms with Gasteiger partial charge in [0.2, 0.25) is 5.91 Å². The number of piperidine rings is 1. The van der Waals surface area contributed by atoms with Crippen molar-refractivity contribution in [1.29, 1.82) is 0 Å². The summed E-state index contributed by atoms with van der Waals surface area (Å²) in [6, 6.07) is 16.7. The molecule has 3 heterocycles. The van der Waals surface area contributed by atoms with Gasteiger partial charge in [-0.2, -0.15) is 0 Å². The fourth-order valence-electron chi connectivity index (χ4n) is 5.44. The van der Waals surface area contributed by atoms with Crippen LogP contribution in [0.4, 0.5) is 5.69 Å². The zero-order valence-electron chi connectivity index (χ0n) is 22.9. The number of benzene rings is 2. The van der Waals surface area contributed by atoms with E-state index in [9.17, 15) is 9.35 Å². The number of H-pyrrole nitrogens is 1. The summed E-state index contributed by atoms with van der Waals surface area (Å²) in [6.45, 7) is 4.91. The van der Waals surface area contributed by atoms with E-state index in [4.69, 9.17) is 18.0 Å². The van der Waals surface area contributed by atoms with Gasteiger partial charge in [-0.25, -0.2) is 0 Å². The minimum atomic E-state index is -0.954. The summed E-state index contributed by atoms with van der Waals surface area (Å²) < 4.78 is 16.4. The van der Waals surface area contributed by atoms with Gasteiger partial charge < -0.3 is 30.5 Å². The predicted molar refractivity (Wildman–Crippen MR) is 168 cm³/mol. The zero-order valence-corrected chi connectivity index (χ0v) is 24.5. The number of nitrogens with zero attached hydrogens (tertiary/aromatic N) is 2. The summed E-state index contributed by atoms with van der Waals surface area (Å²) >= 11 is 4.28. The van der Waals surface area contributed by atoms with E-state index in [1.807, 2.05) is 41.7 Å². The Bertz CT molecular complexity index is 1500. The lowest BCUT2D eigenvalue weighted by molar-refractivity contribution is -0.120. The second-order valence-corrected chi connectivity index (χ2v) is 12.0. The molecule has 4 aromatic rings. The van der Waals surface area contributed by atoms with Crippen LogP contribution < -0.4 is 16.4 Å². The van der Waals surface area contributed by atoms with Gasteiger partial charge in [-0.3, -0.25) is 4.79 Å². The molecule has 1 unspecified atom stereocenters. The van der Waals surface area contributed by atoms with Gasteiger partial charge in [-0.1, -0.05) is 42.5 Å². The van der Waals surface area contributed by atoms with Crippen molar-refractivity contribution < 1.29 is 9.35 Å². The van der Waals surface area contributed by atoms with Gasteiger partial charge in [0.15, 0.2) is 0 Å². The summed E-state index contributed by atoms with van der Waals surface area (Å²) in [5.74, 6) is -0.0319. The first-order chi connectivity index (χ1) is 19.3. The van der Waals surface area contributed by atoms with Gasteiger partial charge in [-0.15, -0.1) is 4.31 Å². The Hall–Kier alpha value is -3.31. The molecule has 1 atom stereocenters. The monoisotopic (exact) mass is 576 g/mol. The third-order valence-electron chi connectivity index (χ3n) is 7.50. The van der Waals surface area contributed by atoms with Crippen molar-refractivity contribution in [2.45, 2.75) is 38.8 Å². The van der Waals surface area contributed by atoms with E-state index >= 15 is 0 Å². The molecule has 5 N–H and O–H groups in total. The SMILES string of the molecule is CCNc1c[nH]c(CC(=O)NCc2ccc3c(-c4cccc(C(N)=S)c4)cn(C4CCN([S+](C)[O-])CC4)c3c2)c1. The fourth-order valence-corrected chi connectivity index (χ4v) is 6.29. The Balaban J connectivity index is 1.40. The number of nitrogens with two attached hydrogens (primary N) is 1. The average molecular weight is 577 g/mol. The number of aromatic nitrogens is 2. The summed E-state index contributed by atoms with van der Waals surface area (Å²) in [7, 11) is 0. The zero-order chi connectivity index (χ0) is 28.2. The fraction of sp³-hybridized carbons (Fsp3) is 0.333. The standard InChI is InChI=1S/C30H36N6O2S2/c1-3-32-24-15-23(33-18-24)16-29(37)34-17-20-7-8-26-27(21-5-4-6-22(14-21)30(31)39)19-36(28(26)13-20)25-9-11-35(12-10-25)40(2)38/h4-8,13-15,18-19,25,32-33H,3,9-12,16-17H2,1-2H3,(H2,31,39)(H,34,37). The van der Waals surface area contributed by atoms with Crippen molar-refractivity contribution in [3.63, 3.8) is 0 Å². The van der Waals surface area contributed by atoms with Crippen LogP contribution in [0.15, 0.2) is 60.9 Å². The lowest BCUT2D eigenvalue weighted by Crippen LogP contribution is -2.38. The number of hydrogen-bond acceptors (Lipinski definition) is 5. The molecule has 40 heavy (non-hydrogen) atoms. The smallest absolute Gasteiger partial charge is 0.226 e. The summed E-state index contributed by atoms with van der Waals surface area (Å²) in [5, 5.41) is 7.45. The van der Waals surface area contributed by atoms with Crippen LogP contribution in [-0.2, 0) is 29.1 Å². The van der Waals surface area contributed by atoms with Crippen molar-refractivity contribution in [2.24, 2.45) is 5.73 Å². The third kappa shape index (κ3) is 6.36. The van der Waals surface area contributed by atoms with Crippen molar-refractivity contribution in [3.8, 4) is 11.1 Å². The Morgan fingerprint density at radius 2 is 2.00 bits per heavy atom. The quantitative estimate of drug-likeness (QED) is 0.163. The molecule has 0 bridgehead atoms. The van der Waals surface area contributed by atoms with E-state index in [0.717, 1.165) is 77.0 Å². The number of rotatable bonds is 10. The highest BCUT2D eigenvalue weighted by atomic mass is 32.2. The molecular formula is C30H36N6O2S2. The molecule has 10 heteroatoms. The lowest BCUT2D eigenvalue weighted by atomic mass is 10.0. The van der Waals surface area contributed by atoms with E-state index in [0.29, 0.717) is 24.0 Å². The second kappa shape index (κ2) is 12.5. The average Bonchev–Trinajstić information content (AvgIpc) is 3.56. The van der Waals surface area contributed by atoms with E-state index in [-0.39, 0.29) is 5.91 Å². The molecule has 1 saturated heterocycles. The number of hydrogen-bond donors (Lipinski definition) is 4. The molecule has 1 aliphatic rings. The number of fused-ring (bicyclic) bond motifs is 1. The molecule has 0 saturated carbocycles. The van der Waals surface area contributed by atoms with E-state index < -0.39 is 11.4 Å². The highest BCUT2D eigenvalue weighted by molar-refractivity contribution is 7.88. The largest absolute Gasteiger partial charge is 0.598 e. The van der Waals surface area contributed by atoms with Crippen LogP contribution in [0.1, 0.15) is 42.6 Å². The molecule has 8 nitrogen and oxygen atoms in total. The number of thiocarbonyl (C=S) groups is 1. The topological polar surface area (TPSA) is 114 Å². The van der Waals surface area contributed by atoms with E-state index in [1.165, 1.54) is 0 Å². The summed E-state index contributed by atoms with van der Waals surface area (Å²) in [5.41, 5.74) is 13.0. The third-order valence-corrected chi connectivity index (χ3v) is 8.83.